The smallest absolute Gasteiger partial charge is 0.337 e. The van der Waals surface area contributed by atoms with E-state index in [0.717, 1.165) is 0 Å². The average Bonchev–Trinajstić information content (AvgIpc) is 2.76. The van der Waals surface area contributed by atoms with E-state index in [1.165, 1.54) is 18.5 Å². The molecule has 7 nitrogen and oxygen atoms in total. The molecule has 1 aliphatic heterocycles. The first-order valence-electron chi connectivity index (χ1n) is 5.35. The fourth-order valence-corrected chi connectivity index (χ4v) is 1.71. The zero-order valence-electron chi connectivity index (χ0n) is 9.34. The first-order valence-corrected chi connectivity index (χ1v) is 5.35. The maximum absolute atomic E-state index is 11.8. The number of hydrogen-bond acceptors (Lipinski definition) is 4. The molecule has 18 heavy (non-hydrogen) atoms. The number of carboxylic acid groups (broad SMARTS) is 1. The summed E-state index contributed by atoms with van der Waals surface area (Å²) in [6.07, 6.45) is 3.30. The number of pyridine rings is 1. The molecule has 3 N–H and O–H groups in total. The number of carbonyl (C=O) groups excluding carboxylic acids is 2. The van der Waals surface area contributed by atoms with Gasteiger partial charge in [0, 0.05) is 12.6 Å². The summed E-state index contributed by atoms with van der Waals surface area (Å²) in [5.41, 5.74) is 0.0822. The number of anilines is 1. The molecular formula is C11H11N3O4. The lowest BCUT2D eigenvalue weighted by atomic mass is 10.2. The van der Waals surface area contributed by atoms with Gasteiger partial charge in [-0.1, -0.05) is 0 Å². The molecular weight excluding hydrogens is 238 g/mol. The molecule has 0 aromatic carbocycles. The zero-order chi connectivity index (χ0) is 13.1. The number of rotatable bonds is 3. The SMILES string of the molecule is O=C1CC[C@@H](C(=O)Nc2cnccc2C(=O)O)N1. The van der Waals surface area contributed by atoms with Crippen LogP contribution in [0.5, 0.6) is 0 Å². The minimum absolute atomic E-state index is 0.0392. The third kappa shape index (κ3) is 2.45. The van der Waals surface area contributed by atoms with Crippen LogP contribution in [0.25, 0.3) is 0 Å². The Balaban J connectivity index is 2.12. The van der Waals surface area contributed by atoms with Crippen molar-refractivity contribution < 1.29 is 19.5 Å². The van der Waals surface area contributed by atoms with Crippen LogP contribution in [0.3, 0.4) is 0 Å². The Kier molecular flexibility index (Phi) is 3.22. The third-order valence-corrected chi connectivity index (χ3v) is 2.62. The van der Waals surface area contributed by atoms with Crippen LogP contribution in [0.2, 0.25) is 0 Å². The predicted molar refractivity (Wildman–Crippen MR) is 61.0 cm³/mol. The van der Waals surface area contributed by atoms with Crippen LogP contribution in [-0.4, -0.2) is 33.9 Å². The van der Waals surface area contributed by atoms with Gasteiger partial charge in [-0.15, -0.1) is 0 Å². The summed E-state index contributed by atoms with van der Waals surface area (Å²) in [6, 6.07) is 0.685. The lowest BCUT2D eigenvalue weighted by Crippen LogP contribution is -2.37. The molecule has 0 unspecified atom stereocenters. The quantitative estimate of drug-likeness (QED) is 0.698. The number of nitrogens with one attached hydrogen (secondary N) is 2. The molecule has 1 aliphatic rings. The molecule has 0 bridgehead atoms. The van der Waals surface area contributed by atoms with Crippen LogP contribution in [0.1, 0.15) is 23.2 Å². The van der Waals surface area contributed by atoms with Crippen molar-refractivity contribution in [3.63, 3.8) is 0 Å². The summed E-state index contributed by atoms with van der Waals surface area (Å²) in [6.45, 7) is 0. The minimum Gasteiger partial charge on any atom is -0.478 e. The maximum atomic E-state index is 11.8. The van der Waals surface area contributed by atoms with Crippen LogP contribution >= 0.6 is 0 Å². The largest absolute Gasteiger partial charge is 0.478 e. The van der Waals surface area contributed by atoms with Crippen LogP contribution in [0, 0.1) is 0 Å². The number of aromatic carboxylic acids is 1. The van der Waals surface area contributed by atoms with Crippen molar-refractivity contribution in [3.8, 4) is 0 Å². The molecule has 0 spiro atoms. The van der Waals surface area contributed by atoms with Gasteiger partial charge in [0.2, 0.25) is 11.8 Å². The summed E-state index contributed by atoms with van der Waals surface area (Å²) in [5, 5.41) is 13.9. The Labute approximate surface area is 102 Å². The van der Waals surface area contributed by atoms with E-state index in [-0.39, 0.29) is 17.2 Å². The lowest BCUT2D eigenvalue weighted by Gasteiger charge is -2.12. The molecule has 1 atom stereocenters. The van der Waals surface area contributed by atoms with Gasteiger partial charge < -0.3 is 15.7 Å². The molecule has 7 heteroatoms. The predicted octanol–water partition coefficient (Wildman–Crippen LogP) is -0.00310. The Bertz CT molecular complexity index is 515. The lowest BCUT2D eigenvalue weighted by molar-refractivity contribution is -0.122. The van der Waals surface area contributed by atoms with Crippen LogP contribution in [-0.2, 0) is 9.59 Å². The van der Waals surface area contributed by atoms with Crippen molar-refractivity contribution in [3.05, 3.63) is 24.0 Å². The van der Waals surface area contributed by atoms with E-state index in [2.05, 4.69) is 15.6 Å². The van der Waals surface area contributed by atoms with Gasteiger partial charge in [-0.2, -0.15) is 0 Å². The molecule has 1 fully saturated rings. The van der Waals surface area contributed by atoms with Gasteiger partial charge in [0.15, 0.2) is 0 Å². The van der Waals surface area contributed by atoms with Crippen molar-refractivity contribution >= 4 is 23.5 Å². The molecule has 2 amide bonds. The number of amides is 2. The number of carboxylic acids is 1. The molecule has 1 aromatic rings. The molecule has 2 rings (SSSR count). The highest BCUT2D eigenvalue weighted by Gasteiger charge is 2.27. The zero-order valence-corrected chi connectivity index (χ0v) is 9.34. The minimum atomic E-state index is -1.15. The molecule has 2 heterocycles. The molecule has 0 aliphatic carbocycles. The Morgan fingerprint density at radius 3 is 2.89 bits per heavy atom. The fraction of sp³-hybridized carbons (Fsp3) is 0.273. The number of hydrogen-bond donors (Lipinski definition) is 3. The highest BCUT2D eigenvalue weighted by Crippen LogP contribution is 2.15. The maximum Gasteiger partial charge on any atom is 0.337 e. The first-order chi connectivity index (χ1) is 8.58. The van der Waals surface area contributed by atoms with Crippen molar-refractivity contribution in [2.75, 3.05) is 5.32 Å². The van der Waals surface area contributed by atoms with Gasteiger partial charge in [-0.25, -0.2) is 4.79 Å². The highest BCUT2D eigenvalue weighted by atomic mass is 16.4. The van der Waals surface area contributed by atoms with Crippen molar-refractivity contribution in [2.45, 2.75) is 18.9 Å². The monoisotopic (exact) mass is 249 g/mol. The second-order valence-corrected chi connectivity index (χ2v) is 3.87. The summed E-state index contributed by atoms with van der Waals surface area (Å²) < 4.78 is 0. The van der Waals surface area contributed by atoms with Crippen LogP contribution < -0.4 is 10.6 Å². The van der Waals surface area contributed by atoms with E-state index in [1.54, 1.807) is 0 Å². The van der Waals surface area contributed by atoms with E-state index in [0.29, 0.717) is 12.8 Å². The van der Waals surface area contributed by atoms with Gasteiger partial charge in [0.25, 0.3) is 0 Å². The number of nitrogens with zero attached hydrogens (tertiary/aromatic N) is 1. The van der Waals surface area contributed by atoms with Crippen LogP contribution in [0.15, 0.2) is 18.5 Å². The second kappa shape index (κ2) is 4.82. The van der Waals surface area contributed by atoms with E-state index in [4.69, 9.17) is 5.11 Å². The number of aromatic nitrogens is 1. The third-order valence-electron chi connectivity index (χ3n) is 2.62. The molecule has 1 saturated heterocycles. The molecule has 1 aromatic heterocycles. The van der Waals surface area contributed by atoms with Gasteiger partial charge in [0.05, 0.1) is 17.4 Å². The normalized spacial score (nSPS) is 18.2. The van der Waals surface area contributed by atoms with E-state index >= 15 is 0 Å². The van der Waals surface area contributed by atoms with Crippen molar-refractivity contribution in [2.24, 2.45) is 0 Å². The average molecular weight is 249 g/mol. The van der Waals surface area contributed by atoms with Gasteiger partial charge in [-0.05, 0) is 12.5 Å². The van der Waals surface area contributed by atoms with Gasteiger partial charge in [-0.3, -0.25) is 14.6 Å². The molecule has 0 radical (unpaired) electrons. The second-order valence-electron chi connectivity index (χ2n) is 3.87. The standard InChI is InChI=1S/C11H11N3O4/c15-9-2-1-7(13-9)10(16)14-8-5-12-4-3-6(8)11(17)18/h3-5,7H,1-2H2,(H,13,15)(H,14,16)(H,17,18)/t7-/m0/s1. The Hall–Kier alpha value is -2.44. The molecule has 94 valence electrons. The summed E-state index contributed by atoms with van der Waals surface area (Å²) in [7, 11) is 0. The highest BCUT2D eigenvalue weighted by molar-refractivity contribution is 6.03. The van der Waals surface area contributed by atoms with Gasteiger partial charge in [0.1, 0.15) is 6.04 Å². The summed E-state index contributed by atoms with van der Waals surface area (Å²) in [5.74, 6) is -1.76. The van der Waals surface area contributed by atoms with E-state index < -0.39 is 17.9 Å². The van der Waals surface area contributed by atoms with Crippen molar-refractivity contribution in [1.82, 2.24) is 10.3 Å². The van der Waals surface area contributed by atoms with E-state index in [1.807, 2.05) is 0 Å². The Morgan fingerprint density at radius 2 is 2.28 bits per heavy atom. The summed E-state index contributed by atoms with van der Waals surface area (Å²) >= 11 is 0. The fourth-order valence-electron chi connectivity index (χ4n) is 1.71. The van der Waals surface area contributed by atoms with Crippen LogP contribution in [0.4, 0.5) is 5.69 Å². The van der Waals surface area contributed by atoms with Crippen molar-refractivity contribution in [1.29, 1.82) is 0 Å². The summed E-state index contributed by atoms with van der Waals surface area (Å²) in [4.78, 5) is 37.5. The van der Waals surface area contributed by atoms with E-state index in [9.17, 15) is 14.4 Å². The Morgan fingerprint density at radius 1 is 1.50 bits per heavy atom. The molecule has 0 saturated carbocycles. The topological polar surface area (TPSA) is 108 Å². The first kappa shape index (κ1) is 12.0. The van der Waals surface area contributed by atoms with Gasteiger partial charge >= 0.3 is 5.97 Å². The number of carbonyl (C=O) groups is 3.